The minimum atomic E-state index is -0.860. The minimum Gasteiger partial charge on any atom is -0.387 e. The van der Waals surface area contributed by atoms with E-state index in [9.17, 15) is 9.50 Å². The molecule has 0 aliphatic rings. The van der Waals surface area contributed by atoms with Gasteiger partial charge in [-0.25, -0.2) is 4.39 Å². The lowest BCUT2D eigenvalue weighted by atomic mass is 10.1. The zero-order valence-corrected chi connectivity index (χ0v) is 11.9. The molecule has 0 bridgehead atoms. The topological polar surface area (TPSA) is 49.5 Å². The second kappa shape index (κ2) is 6.15. The van der Waals surface area contributed by atoms with Gasteiger partial charge < -0.3 is 9.63 Å². The van der Waals surface area contributed by atoms with Crippen LogP contribution in [0, 0.1) is 19.7 Å². The molecule has 108 valence electrons. The Bertz CT molecular complexity index is 564. The van der Waals surface area contributed by atoms with Crippen molar-refractivity contribution in [1.82, 2.24) is 10.1 Å². The van der Waals surface area contributed by atoms with Gasteiger partial charge in [0.25, 0.3) is 0 Å². The molecule has 0 aliphatic heterocycles. The summed E-state index contributed by atoms with van der Waals surface area (Å²) in [6, 6.07) is 6.28. The predicted molar refractivity (Wildman–Crippen MR) is 73.7 cm³/mol. The van der Waals surface area contributed by atoms with Crippen molar-refractivity contribution < 1.29 is 14.0 Å². The fourth-order valence-electron chi connectivity index (χ4n) is 2.20. The molecule has 1 aromatic heterocycles. The van der Waals surface area contributed by atoms with Gasteiger partial charge in [-0.15, -0.1) is 0 Å². The number of likely N-dealkylation sites (N-methyl/N-ethyl adjacent to an activating group) is 1. The number of aryl methyl sites for hydroxylation is 2. The summed E-state index contributed by atoms with van der Waals surface area (Å²) in [6.07, 6.45) is -0.860. The standard InChI is InChI=1S/C15H19FN2O2/c1-10-13(11(2)20-17-10)8-18(3)9-15(19)12-6-4-5-7-14(12)16/h4-7,15,19H,8-9H2,1-3H3. The van der Waals surface area contributed by atoms with Crippen LogP contribution in [0.4, 0.5) is 4.39 Å². The lowest BCUT2D eigenvalue weighted by molar-refractivity contribution is 0.120. The second-order valence-electron chi connectivity index (χ2n) is 5.04. The van der Waals surface area contributed by atoms with Gasteiger partial charge in [-0.1, -0.05) is 23.4 Å². The quantitative estimate of drug-likeness (QED) is 0.913. The second-order valence-corrected chi connectivity index (χ2v) is 5.04. The first kappa shape index (κ1) is 14.7. The number of aromatic nitrogens is 1. The van der Waals surface area contributed by atoms with Crippen molar-refractivity contribution in [2.75, 3.05) is 13.6 Å². The molecular formula is C15H19FN2O2. The Labute approximate surface area is 117 Å². The van der Waals surface area contributed by atoms with Crippen LogP contribution in [0.5, 0.6) is 0 Å². The highest BCUT2D eigenvalue weighted by Gasteiger charge is 2.17. The van der Waals surface area contributed by atoms with E-state index in [1.807, 2.05) is 25.8 Å². The van der Waals surface area contributed by atoms with Crippen LogP contribution in [0.2, 0.25) is 0 Å². The fourth-order valence-corrected chi connectivity index (χ4v) is 2.20. The third-order valence-electron chi connectivity index (χ3n) is 3.36. The summed E-state index contributed by atoms with van der Waals surface area (Å²) in [5.41, 5.74) is 2.17. The van der Waals surface area contributed by atoms with E-state index < -0.39 is 6.10 Å². The summed E-state index contributed by atoms with van der Waals surface area (Å²) < 4.78 is 18.7. The van der Waals surface area contributed by atoms with Crippen LogP contribution in [0.15, 0.2) is 28.8 Å². The van der Waals surface area contributed by atoms with Crippen LogP contribution < -0.4 is 0 Å². The third-order valence-corrected chi connectivity index (χ3v) is 3.36. The van der Waals surface area contributed by atoms with Crippen LogP contribution in [-0.4, -0.2) is 28.8 Å². The molecule has 0 fully saturated rings. The van der Waals surface area contributed by atoms with Gasteiger partial charge in [0, 0.05) is 24.2 Å². The molecule has 20 heavy (non-hydrogen) atoms. The van der Waals surface area contributed by atoms with Crippen molar-refractivity contribution in [3.63, 3.8) is 0 Å². The lowest BCUT2D eigenvalue weighted by Gasteiger charge is -2.21. The summed E-state index contributed by atoms with van der Waals surface area (Å²) in [4.78, 5) is 1.92. The summed E-state index contributed by atoms with van der Waals surface area (Å²) in [7, 11) is 1.87. The van der Waals surface area contributed by atoms with Gasteiger partial charge >= 0.3 is 0 Å². The highest BCUT2D eigenvalue weighted by molar-refractivity contribution is 5.22. The van der Waals surface area contributed by atoms with Crippen molar-refractivity contribution in [3.8, 4) is 0 Å². The first-order chi connectivity index (χ1) is 9.49. The van der Waals surface area contributed by atoms with Crippen molar-refractivity contribution >= 4 is 0 Å². The highest BCUT2D eigenvalue weighted by atomic mass is 19.1. The minimum absolute atomic E-state index is 0.318. The summed E-state index contributed by atoms with van der Waals surface area (Å²) >= 11 is 0. The van der Waals surface area contributed by atoms with E-state index in [0.29, 0.717) is 18.7 Å². The SMILES string of the molecule is Cc1noc(C)c1CN(C)CC(O)c1ccccc1F. The number of nitrogens with zero attached hydrogens (tertiary/aromatic N) is 2. The fraction of sp³-hybridized carbons (Fsp3) is 0.400. The molecule has 1 N–H and O–H groups in total. The predicted octanol–water partition coefficient (Wildman–Crippen LogP) is 2.60. The first-order valence-corrected chi connectivity index (χ1v) is 6.51. The molecule has 1 aromatic carbocycles. The third kappa shape index (κ3) is 3.23. The number of benzene rings is 1. The molecule has 2 aromatic rings. The van der Waals surface area contributed by atoms with Crippen LogP contribution in [0.25, 0.3) is 0 Å². The van der Waals surface area contributed by atoms with Crippen molar-refractivity contribution in [2.45, 2.75) is 26.5 Å². The molecule has 0 spiro atoms. The molecular weight excluding hydrogens is 259 g/mol. The molecule has 1 heterocycles. The molecule has 0 saturated carbocycles. The van der Waals surface area contributed by atoms with Crippen LogP contribution >= 0.6 is 0 Å². The van der Waals surface area contributed by atoms with Gasteiger partial charge in [-0.3, -0.25) is 4.90 Å². The molecule has 5 heteroatoms. The maximum atomic E-state index is 13.6. The molecule has 0 saturated heterocycles. The van der Waals surface area contributed by atoms with Gasteiger partial charge in [-0.05, 0) is 27.0 Å². The Morgan fingerprint density at radius 3 is 2.65 bits per heavy atom. The molecule has 1 unspecified atom stereocenters. The maximum absolute atomic E-state index is 13.6. The number of aliphatic hydroxyl groups excluding tert-OH is 1. The van der Waals surface area contributed by atoms with Gasteiger partial charge in [0.1, 0.15) is 11.6 Å². The zero-order valence-electron chi connectivity index (χ0n) is 11.9. The van der Waals surface area contributed by atoms with Gasteiger partial charge in [0.05, 0.1) is 11.8 Å². The van der Waals surface area contributed by atoms with Crippen LogP contribution in [0.3, 0.4) is 0 Å². The molecule has 4 nitrogen and oxygen atoms in total. The normalized spacial score (nSPS) is 12.9. The summed E-state index contributed by atoms with van der Waals surface area (Å²) in [6.45, 7) is 4.68. The van der Waals surface area contributed by atoms with Crippen molar-refractivity contribution in [3.05, 3.63) is 52.7 Å². The number of hydrogen-bond donors (Lipinski definition) is 1. The Kier molecular flexibility index (Phi) is 4.52. The van der Waals surface area contributed by atoms with E-state index in [4.69, 9.17) is 4.52 Å². The number of aliphatic hydroxyl groups is 1. The van der Waals surface area contributed by atoms with Crippen LogP contribution in [0.1, 0.15) is 28.7 Å². The zero-order chi connectivity index (χ0) is 14.7. The summed E-state index contributed by atoms with van der Waals surface area (Å²) in [5.74, 6) is 0.389. The van der Waals surface area contributed by atoms with Crippen LogP contribution in [-0.2, 0) is 6.54 Å². The summed E-state index contributed by atoms with van der Waals surface area (Å²) in [5, 5.41) is 14.0. The number of halogens is 1. The van der Waals surface area contributed by atoms with E-state index in [1.165, 1.54) is 6.07 Å². The Hall–Kier alpha value is -1.72. The average Bonchev–Trinajstić information content (AvgIpc) is 2.71. The Morgan fingerprint density at radius 1 is 1.35 bits per heavy atom. The van der Waals surface area contributed by atoms with E-state index in [-0.39, 0.29) is 5.82 Å². The Balaban J connectivity index is 2.01. The van der Waals surface area contributed by atoms with Crippen molar-refractivity contribution in [2.24, 2.45) is 0 Å². The molecule has 0 radical (unpaired) electrons. The van der Waals surface area contributed by atoms with Gasteiger partial charge in [0.2, 0.25) is 0 Å². The van der Waals surface area contributed by atoms with E-state index in [2.05, 4.69) is 5.16 Å². The molecule has 0 aliphatic carbocycles. The van der Waals surface area contributed by atoms with E-state index in [0.717, 1.165) is 17.0 Å². The molecule has 0 amide bonds. The first-order valence-electron chi connectivity index (χ1n) is 6.51. The molecule has 2 rings (SSSR count). The van der Waals surface area contributed by atoms with Crippen molar-refractivity contribution in [1.29, 1.82) is 0 Å². The molecule has 1 atom stereocenters. The average molecular weight is 278 g/mol. The van der Waals surface area contributed by atoms with Gasteiger partial charge in [0.15, 0.2) is 0 Å². The van der Waals surface area contributed by atoms with E-state index >= 15 is 0 Å². The lowest BCUT2D eigenvalue weighted by Crippen LogP contribution is -2.25. The number of rotatable bonds is 5. The Morgan fingerprint density at radius 2 is 2.05 bits per heavy atom. The smallest absolute Gasteiger partial charge is 0.138 e. The largest absolute Gasteiger partial charge is 0.387 e. The number of hydrogen-bond acceptors (Lipinski definition) is 4. The maximum Gasteiger partial charge on any atom is 0.138 e. The monoisotopic (exact) mass is 278 g/mol. The van der Waals surface area contributed by atoms with E-state index in [1.54, 1.807) is 18.2 Å². The van der Waals surface area contributed by atoms with Gasteiger partial charge in [-0.2, -0.15) is 0 Å². The highest BCUT2D eigenvalue weighted by Crippen LogP contribution is 2.19.